The molecule has 5 rings (SSSR count). The highest BCUT2D eigenvalue weighted by molar-refractivity contribution is 5.95. The molecule has 0 bridgehead atoms. The predicted molar refractivity (Wildman–Crippen MR) is 132 cm³/mol. The van der Waals surface area contributed by atoms with E-state index in [2.05, 4.69) is 16.8 Å². The van der Waals surface area contributed by atoms with E-state index in [4.69, 9.17) is 30.4 Å². The highest BCUT2D eigenvalue weighted by Crippen LogP contribution is 2.48. The van der Waals surface area contributed by atoms with E-state index in [1.54, 1.807) is 18.3 Å². The molecule has 0 amide bonds. The van der Waals surface area contributed by atoms with E-state index in [-0.39, 0.29) is 11.3 Å². The molecule has 0 radical (unpaired) electrons. The van der Waals surface area contributed by atoms with Gasteiger partial charge in [-0.1, -0.05) is 0 Å². The normalized spacial score (nSPS) is 17.3. The first-order valence-electron chi connectivity index (χ1n) is 12.0. The fourth-order valence-corrected chi connectivity index (χ4v) is 4.44. The quantitative estimate of drug-likeness (QED) is 0.383. The fraction of sp³-hybridized carbons (Fsp3) is 0.423. The summed E-state index contributed by atoms with van der Waals surface area (Å²) in [5.41, 5.74) is 12.8. The van der Waals surface area contributed by atoms with Crippen LogP contribution >= 0.6 is 0 Å². The lowest BCUT2D eigenvalue weighted by molar-refractivity contribution is 0.152. The Morgan fingerprint density at radius 3 is 2.60 bits per heavy atom. The molecule has 3 aromatic rings. The molecule has 1 saturated heterocycles. The van der Waals surface area contributed by atoms with Gasteiger partial charge in [0.1, 0.15) is 19.0 Å². The number of halogens is 1. The molecular weight excluding hydrogens is 451 g/mol. The Labute approximate surface area is 203 Å². The summed E-state index contributed by atoms with van der Waals surface area (Å²) in [6, 6.07) is 7.78. The Balaban J connectivity index is 1.34. The molecule has 2 aromatic carbocycles. The van der Waals surface area contributed by atoms with Crippen molar-refractivity contribution in [2.75, 3.05) is 45.2 Å². The minimum Gasteiger partial charge on any atom is -0.489 e. The van der Waals surface area contributed by atoms with Crippen molar-refractivity contribution in [1.82, 2.24) is 9.88 Å². The summed E-state index contributed by atoms with van der Waals surface area (Å²) in [6.45, 7) is 6.41. The van der Waals surface area contributed by atoms with Crippen molar-refractivity contribution in [3.8, 4) is 28.7 Å². The second-order valence-corrected chi connectivity index (χ2v) is 9.42. The van der Waals surface area contributed by atoms with E-state index in [1.807, 2.05) is 6.07 Å². The maximum Gasteiger partial charge on any atom is 0.204 e. The molecule has 35 heavy (non-hydrogen) atoms. The number of aromatic nitrogens is 1. The first-order valence-corrected chi connectivity index (χ1v) is 12.0. The third-order valence-corrected chi connectivity index (χ3v) is 6.49. The number of piperidine rings is 1. The van der Waals surface area contributed by atoms with Crippen LogP contribution in [0.1, 0.15) is 26.2 Å². The van der Waals surface area contributed by atoms with Crippen molar-refractivity contribution in [2.24, 2.45) is 5.73 Å². The van der Waals surface area contributed by atoms with Crippen LogP contribution < -0.4 is 30.4 Å². The molecule has 4 N–H and O–H groups in total. The van der Waals surface area contributed by atoms with Gasteiger partial charge in [-0.25, -0.2) is 4.39 Å². The number of anilines is 1. The van der Waals surface area contributed by atoms with Crippen LogP contribution in [0.15, 0.2) is 36.5 Å². The minimum absolute atomic E-state index is 0.0519. The lowest BCUT2D eigenvalue weighted by atomic mass is 9.91. The number of nitrogen functional groups attached to an aromatic ring is 1. The van der Waals surface area contributed by atoms with E-state index in [9.17, 15) is 4.39 Å². The highest BCUT2D eigenvalue weighted by Gasteiger charge is 2.26. The number of fused-ring (bicyclic) bond motifs is 3. The lowest BCUT2D eigenvalue weighted by Gasteiger charge is -2.36. The van der Waals surface area contributed by atoms with Crippen molar-refractivity contribution < 1.29 is 23.3 Å². The summed E-state index contributed by atoms with van der Waals surface area (Å²) < 4.78 is 38.3. The topological polar surface area (TPSA) is 105 Å². The first kappa shape index (κ1) is 23.4. The summed E-state index contributed by atoms with van der Waals surface area (Å²) >= 11 is 0. The monoisotopic (exact) mass is 482 g/mol. The van der Waals surface area contributed by atoms with E-state index in [1.165, 1.54) is 12.1 Å². The standard InChI is InChI=1S/C26H31FN4O4/c1-26(29)6-10-31(11-7-26)9-2-12-32-22-16-19-23(25-24(22)33-13-14-34-25)21(5-8-30-19)35-20-4-3-17(28)15-18(20)27/h3-5,8,15-16H,2,6-7,9-14,28-29H2,1H3. The third-order valence-electron chi connectivity index (χ3n) is 6.49. The van der Waals surface area contributed by atoms with Gasteiger partial charge in [-0.05, 0) is 57.5 Å². The molecule has 0 spiro atoms. The second kappa shape index (κ2) is 9.75. The second-order valence-electron chi connectivity index (χ2n) is 9.42. The zero-order chi connectivity index (χ0) is 24.4. The van der Waals surface area contributed by atoms with E-state index in [0.29, 0.717) is 59.4 Å². The van der Waals surface area contributed by atoms with Gasteiger partial charge in [-0.3, -0.25) is 4.98 Å². The highest BCUT2D eigenvalue weighted by atomic mass is 19.1. The molecule has 0 atom stereocenters. The zero-order valence-electron chi connectivity index (χ0n) is 19.9. The van der Waals surface area contributed by atoms with Crippen LogP contribution in [0.25, 0.3) is 10.9 Å². The molecule has 9 heteroatoms. The molecule has 0 saturated carbocycles. The first-order chi connectivity index (χ1) is 16.9. The molecule has 8 nitrogen and oxygen atoms in total. The number of likely N-dealkylation sites (tertiary alicyclic amines) is 1. The Hall–Kier alpha value is -3.30. The van der Waals surface area contributed by atoms with Gasteiger partial charge in [0.25, 0.3) is 0 Å². The van der Waals surface area contributed by atoms with Gasteiger partial charge in [-0.2, -0.15) is 0 Å². The van der Waals surface area contributed by atoms with Crippen molar-refractivity contribution in [3.63, 3.8) is 0 Å². The third kappa shape index (κ3) is 5.21. The summed E-state index contributed by atoms with van der Waals surface area (Å²) in [7, 11) is 0. The van der Waals surface area contributed by atoms with Gasteiger partial charge in [0.05, 0.1) is 17.5 Å². The summed E-state index contributed by atoms with van der Waals surface area (Å²) in [5.74, 6) is 1.49. The van der Waals surface area contributed by atoms with Crippen LogP contribution in [0, 0.1) is 5.82 Å². The molecule has 0 aliphatic carbocycles. The van der Waals surface area contributed by atoms with Crippen LogP contribution in [0.2, 0.25) is 0 Å². The molecule has 2 aliphatic heterocycles. The van der Waals surface area contributed by atoms with Gasteiger partial charge >= 0.3 is 0 Å². The Morgan fingerprint density at radius 1 is 1.06 bits per heavy atom. The number of rotatable bonds is 7. The Bertz CT molecular complexity index is 1210. The maximum atomic E-state index is 14.4. The van der Waals surface area contributed by atoms with Crippen molar-refractivity contribution in [1.29, 1.82) is 0 Å². The SMILES string of the molecule is CC1(N)CCN(CCCOc2cc3nccc(Oc4ccc(N)cc4F)c3c3c2OCCO3)CC1. The lowest BCUT2D eigenvalue weighted by Crippen LogP contribution is -2.48. The van der Waals surface area contributed by atoms with Crippen molar-refractivity contribution in [3.05, 3.63) is 42.3 Å². The molecule has 3 heterocycles. The van der Waals surface area contributed by atoms with Gasteiger partial charge in [0.15, 0.2) is 23.1 Å². The number of nitrogens with zero attached hydrogens (tertiary/aromatic N) is 2. The zero-order valence-corrected chi connectivity index (χ0v) is 19.9. The molecule has 2 aliphatic rings. The Kier molecular flexibility index (Phi) is 6.53. The van der Waals surface area contributed by atoms with Gasteiger partial charge in [0, 0.05) is 36.1 Å². The summed E-state index contributed by atoms with van der Waals surface area (Å²) in [6.07, 6.45) is 4.50. The van der Waals surface area contributed by atoms with Gasteiger partial charge < -0.3 is 35.3 Å². The van der Waals surface area contributed by atoms with E-state index < -0.39 is 5.82 Å². The average Bonchev–Trinajstić information content (AvgIpc) is 2.84. The number of ether oxygens (including phenoxy) is 4. The molecule has 186 valence electrons. The number of pyridine rings is 1. The smallest absolute Gasteiger partial charge is 0.204 e. The minimum atomic E-state index is -0.550. The van der Waals surface area contributed by atoms with Crippen LogP contribution in [0.5, 0.6) is 28.7 Å². The van der Waals surface area contributed by atoms with Crippen LogP contribution in [-0.2, 0) is 0 Å². The molecule has 1 aromatic heterocycles. The maximum absolute atomic E-state index is 14.4. The van der Waals surface area contributed by atoms with Crippen LogP contribution in [-0.4, -0.2) is 54.9 Å². The number of nitrogens with two attached hydrogens (primary N) is 2. The fourth-order valence-electron chi connectivity index (χ4n) is 4.44. The predicted octanol–water partition coefficient (Wildman–Crippen LogP) is 4.10. The average molecular weight is 483 g/mol. The Morgan fingerprint density at radius 2 is 1.83 bits per heavy atom. The number of hydrogen-bond acceptors (Lipinski definition) is 8. The molecule has 0 unspecified atom stereocenters. The van der Waals surface area contributed by atoms with Crippen LogP contribution in [0.3, 0.4) is 0 Å². The summed E-state index contributed by atoms with van der Waals surface area (Å²) in [4.78, 5) is 6.90. The number of benzene rings is 2. The van der Waals surface area contributed by atoms with Crippen LogP contribution in [0.4, 0.5) is 10.1 Å². The largest absolute Gasteiger partial charge is 0.489 e. The molecular formula is C26H31FN4O4. The summed E-state index contributed by atoms with van der Waals surface area (Å²) in [5, 5.41) is 0.601. The van der Waals surface area contributed by atoms with Gasteiger partial charge in [0.2, 0.25) is 5.75 Å². The van der Waals surface area contributed by atoms with E-state index in [0.717, 1.165) is 38.9 Å². The molecule has 1 fully saturated rings. The van der Waals surface area contributed by atoms with Crippen molar-refractivity contribution in [2.45, 2.75) is 31.7 Å². The number of hydrogen-bond donors (Lipinski definition) is 2. The van der Waals surface area contributed by atoms with Crippen molar-refractivity contribution >= 4 is 16.6 Å². The van der Waals surface area contributed by atoms with E-state index >= 15 is 0 Å². The van der Waals surface area contributed by atoms with Gasteiger partial charge in [-0.15, -0.1) is 0 Å².